The highest BCUT2D eigenvalue weighted by Gasteiger charge is 2.08. The van der Waals surface area contributed by atoms with Crippen molar-refractivity contribution >= 4 is 17.4 Å². The number of benzene rings is 1. The molecule has 0 aliphatic rings. The van der Waals surface area contributed by atoms with Crippen molar-refractivity contribution in [1.29, 1.82) is 0 Å². The highest BCUT2D eigenvalue weighted by atomic mass is 16.4. The molecule has 0 aromatic heterocycles. The molecule has 4 N–H and O–H groups in total. The van der Waals surface area contributed by atoms with Crippen LogP contribution in [0.15, 0.2) is 29.4 Å². The molecule has 0 radical (unpaired) electrons. The van der Waals surface area contributed by atoms with Gasteiger partial charge in [-0.2, -0.15) is 0 Å². The summed E-state index contributed by atoms with van der Waals surface area (Å²) in [6.07, 6.45) is 0. The average Bonchev–Trinajstić information content (AvgIpc) is 2.20. The Balaban J connectivity index is 2.80. The number of nitrogens with two attached hydrogens (primary N) is 1. The summed E-state index contributed by atoms with van der Waals surface area (Å²) in [6.45, 7) is 1.85. The molecule has 1 amide bonds. The maximum Gasteiger partial charge on any atom is 0.294 e. The third kappa shape index (κ3) is 2.22. The highest BCUT2D eigenvalue weighted by molar-refractivity contribution is 6.41. The molecule has 0 aliphatic carbocycles. The predicted molar refractivity (Wildman–Crippen MR) is 53.2 cm³/mol. The van der Waals surface area contributed by atoms with E-state index in [2.05, 4.69) is 10.5 Å². The molecule has 0 unspecified atom stereocenters. The monoisotopic (exact) mass is 193 g/mol. The van der Waals surface area contributed by atoms with E-state index in [4.69, 9.17) is 10.9 Å². The van der Waals surface area contributed by atoms with Gasteiger partial charge in [0.1, 0.15) is 0 Å². The van der Waals surface area contributed by atoms with Gasteiger partial charge in [-0.15, -0.1) is 0 Å². The molecule has 0 aliphatic heterocycles. The number of rotatable bonds is 1. The van der Waals surface area contributed by atoms with E-state index in [1.54, 1.807) is 12.1 Å². The Labute approximate surface area is 81.2 Å². The quantitative estimate of drug-likeness (QED) is 0.265. The van der Waals surface area contributed by atoms with Gasteiger partial charge in [0, 0.05) is 5.69 Å². The number of hydrogen-bond acceptors (Lipinski definition) is 3. The highest BCUT2D eigenvalue weighted by Crippen LogP contribution is 2.12. The van der Waals surface area contributed by atoms with Gasteiger partial charge in [-0.25, -0.2) is 0 Å². The molecule has 0 bridgehead atoms. The van der Waals surface area contributed by atoms with Gasteiger partial charge in [0.15, 0.2) is 0 Å². The molecule has 1 rings (SSSR count). The minimum absolute atomic E-state index is 0.465. The minimum atomic E-state index is -0.623. The Kier molecular flexibility index (Phi) is 3.06. The number of nitrogens with one attached hydrogen (secondary N) is 1. The molecular formula is C9H11N3O2. The number of hydrogen-bond donors (Lipinski definition) is 3. The standard InChI is InChI=1S/C9H11N3O2/c1-6-4-2-3-5-7(6)11-9(13)8(10)12-14/h2-5,14H,1H3,(H2,10,12)(H,11,13). The summed E-state index contributed by atoms with van der Waals surface area (Å²) in [7, 11) is 0. The number of para-hydroxylation sites is 1. The number of amides is 1. The second kappa shape index (κ2) is 4.27. The largest absolute Gasteiger partial charge is 0.409 e. The van der Waals surface area contributed by atoms with Gasteiger partial charge in [0.25, 0.3) is 5.91 Å². The maximum atomic E-state index is 11.2. The molecule has 14 heavy (non-hydrogen) atoms. The molecule has 5 heteroatoms. The Morgan fingerprint density at radius 3 is 2.71 bits per heavy atom. The van der Waals surface area contributed by atoms with Crippen molar-refractivity contribution in [2.24, 2.45) is 10.9 Å². The molecule has 0 saturated carbocycles. The van der Waals surface area contributed by atoms with Crippen LogP contribution in [-0.4, -0.2) is 17.0 Å². The number of nitrogens with zero attached hydrogens (tertiary/aromatic N) is 1. The first-order valence-corrected chi connectivity index (χ1v) is 3.99. The van der Waals surface area contributed by atoms with Crippen LogP contribution in [0, 0.1) is 6.92 Å². The topological polar surface area (TPSA) is 87.7 Å². The Bertz CT molecular complexity index is 374. The van der Waals surface area contributed by atoms with Crippen LogP contribution in [0.2, 0.25) is 0 Å². The number of anilines is 1. The number of aryl methyl sites for hydroxylation is 1. The maximum absolute atomic E-state index is 11.2. The third-order valence-corrected chi connectivity index (χ3v) is 1.73. The van der Waals surface area contributed by atoms with Gasteiger partial charge in [-0.05, 0) is 18.6 Å². The SMILES string of the molecule is Cc1ccccc1NC(=O)/C(N)=N\O. The van der Waals surface area contributed by atoms with Crippen molar-refractivity contribution in [2.75, 3.05) is 5.32 Å². The molecule has 74 valence electrons. The normalized spacial score (nSPS) is 11.1. The molecule has 0 saturated heterocycles. The number of oxime groups is 1. The summed E-state index contributed by atoms with van der Waals surface area (Å²) in [6, 6.07) is 7.23. The first-order chi connectivity index (χ1) is 6.65. The average molecular weight is 193 g/mol. The molecule has 1 aromatic carbocycles. The molecule has 1 aromatic rings. The molecule has 0 spiro atoms. The van der Waals surface area contributed by atoms with Crippen molar-refractivity contribution in [3.05, 3.63) is 29.8 Å². The second-order valence-corrected chi connectivity index (χ2v) is 2.75. The van der Waals surface area contributed by atoms with Gasteiger partial charge in [0.2, 0.25) is 5.84 Å². The van der Waals surface area contributed by atoms with Crippen LogP contribution < -0.4 is 11.1 Å². The van der Waals surface area contributed by atoms with Gasteiger partial charge in [-0.1, -0.05) is 23.4 Å². The van der Waals surface area contributed by atoms with E-state index in [0.29, 0.717) is 5.69 Å². The van der Waals surface area contributed by atoms with E-state index in [0.717, 1.165) is 5.56 Å². The molecule has 0 atom stereocenters. The lowest BCUT2D eigenvalue weighted by Crippen LogP contribution is -2.30. The minimum Gasteiger partial charge on any atom is -0.409 e. The second-order valence-electron chi connectivity index (χ2n) is 2.75. The van der Waals surface area contributed by atoms with Crippen LogP contribution in [0.1, 0.15) is 5.56 Å². The molecule has 0 fully saturated rings. The summed E-state index contributed by atoms with van der Waals surface area (Å²) < 4.78 is 0. The smallest absolute Gasteiger partial charge is 0.294 e. The first kappa shape index (κ1) is 10.0. The van der Waals surface area contributed by atoms with E-state index in [1.807, 2.05) is 19.1 Å². The van der Waals surface area contributed by atoms with Gasteiger partial charge in [-0.3, -0.25) is 4.79 Å². The van der Waals surface area contributed by atoms with Crippen LogP contribution >= 0.6 is 0 Å². The summed E-state index contributed by atoms with van der Waals surface area (Å²) in [5.41, 5.74) is 6.65. The fraction of sp³-hybridized carbons (Fsp3) is 0.111. The lowest BCUT2D eigenvalue weighted by Gasteiger charge is -2.06. The van der Waals surface area contributed by atoms with Gasteiger partial charge < -0.3 is 16.3 Å². The number of carbonyl (C=O) groups is 1. The lowest BCUT2D eigenvalue weighted by molar-refractivity contribution is -0.110. The van der Waals surface area contributed by atoms with Crippen LogP contribution in [0.25, 0.3) is 0 Å². The van der Waals surface area contributed by atoms with E-state index in [-0.39, 0.29) is 0 Å². The van der Waals surface area contributed by atoms with Gasteiger partial charge >= 0.3 is 0 Å². The lowest BCUT2D eigenvalue weighted by atomic mass is 10.2. The first-order valence-electron chi connectivity index (χ1n) is 3.99. The van der Waals surface area contributed by atoms with E-state index in [9.17, 15) is 4.79 Å². The fourth-order valence-corrected chi connectivity index (χ4v) is 0.945. The fourth-order valence-electron chi connectivity index (χ4n) is 0.945. The number of carbonyl (C=O) groups excluding carboxylic acids is 1. The Hall–Kier alpha value is -2.04. The zero-order valence-electron chi connectivity index (χ0n) is 7.69. The van der Waals surface area contributed by atoms with E-state index in [1.165, 1.54) is 0 Å². The van der Waals surface area contributed by atoms with Crippen LogP contribution in [0.5, 0.6) is 0 Å². The Morgan fingerprint density at radius 1 is 1.50 bits per heavy atom. The molecule has 5 nitrogen and oxygen atoms in total. The summed E-state index contributed by atoms with van der Waals surface area (Å²) in [5.74, 6) is -1.09. The van der Waals surface area contributed by atoms with E-state index >= 15 is 0 Å². The zero-order valence-corrected chi connectivity index (χ0v) is 7.69. The molecule has 0 heterocycles. The summed E-state index contributed by atoms with van der Waals surface area (Å²) in [5, 5.41) is 13.4. The molecular weight excluding hydrogens is 182 g/mol. The third-order valence-electron chi connectivity index (χ3n) is 1.73. The van der Waals surface area contributed by atoms with Crippen molar-refractivity contribution < 1.29 is 10.0 Å². The zero-order chi connectivity index (χ0) is 10.6. The van der Waals surface area contributed by atoms with Crippen molar-refractivity contribution in [3.8, 4) is 0 Å². The predicted octanol–water partition coefficient (Wildman–Crippen LogP) is 0.680. The van der Waals surface area contributed by atoms with E-state index < -0.39 is 11.7 Å². The summed E-state index contributed by atoms with van der Waals surface area (Å²) >= 11 is 0. The Morgan fingerprint density at radius 2 is 2.14 bits per heavy atom. The van der Waals surface area contributed by atoms with Crippen LogP contribution in [0.4, 0.5) is 5.69 Å². The van der Waals surface area contributed by atoms with Crippen LogP contribution in [0.3, 0.4) is 0 Å². The van der Waals surface area contributed by atoms with Crippen molar-refractivity contribution in [2.45, 2.75) is 6.92 Å². The van der Waals surface area contributed by atoms with Crippen molar-refractivity contribution in [3.63, 3.8) is 0 Å². The summed E-state index contributed by atoms with van der Waals surface area (Å²) in [4.78, 5) is 11.2. The number of amidine groups is 1. The van der Waals surface area contributed by atoms with Gasteiger partial charge in [0.05, 0.1) is 0 Å². The van der Waals surface area contributed by atoms with Crippen molar-refractivity contribution in [1.82, 2.24) is 0 Å². The van der Waals surface area contributed by atoms with Crippen LogP contribution in [-0.2, 0) is 4.79 Å².